The van der Waals surface area contributed by atoms with Crippen molar-refractivity contribution in [3.05, 3.63) is 59.7 Å². The quantitative estimate of drug-likeness (QED) is 0.588. The van der Waals surface area contributed by atoms with Crippen LogP contribution in [0.5, 0.6) is 0 Å². The summed E-state index contributed by atoms with van der Waals surface area (Å²) in [6.07, 6.45) is -0.671. The first-order valence-electron chi connectivity index (χ1n) is 11.2. The number of benzene rings is 2. The number of carboxylic acids is 1. The smallest absolute Gasteiger partial charge is 0.407 e. The maximum absolute atomic E-state index is 12.8. The van der Waals surface area contributed by atoms with Gasteiger partial charge in [0, 0.05) is 30.5 Å². The molecule has 0 atom stereocenters. The molecule has 0 fully saturated rings. The number of fused-ring (bicyclic) bond motifs is 3. The zero-order chi connectivity index (χ0) is 24.2. The van der Waals surface area contributed by atoms with Gasteiger partial charge in [0.15, 0.2) is 0 Å². The molecule has 3 rings (SSSR count). The van der Waals surface area contributed by atoms with Crippen molar-refractivity contribution in [3.8, 4) is 11.1 Å². The average molecular weight is 453 g/mol. The summed E-state index contributed by atoms with van der Waals surface area (Å²) in [7, 11) is 0. The summed E-state index contributed by atoms with van der Waals surface area (Å²) < 4.78 is 5.59. The lowest BCUT2D eigenvalue weighted by Gasteiger charge is -2.31. The summed E-state index contributed by atoms with van der Waals surface area (Å²) in [6, 6.07) is 16.1. The van der Waals surface area contributed by atoms with E-state index in [0.717, 1.165) is 22.3 Å². The molecule has 0 aromatic heterocycles. The predicted molar refractivity (Wildman–Crippen MR) is 126 cm³/mol. The molecule has 2 aromatic rings. The second-order valence-corrected chi connectivity index (χ2v) is 9.34. The van der Waals surface area contributed by atoms with Crippen LogP contribution in [0.1, 0.15) is 57.6 Å². The molecule has 7 heteroatoms. The van der Waals surface area contributed by atoms with E-state index in [1.165, 1.54) is 4.90 Å². The molecule has 2 aromatic carbocycles. The van der Waals surface area contributed by atoms with E-state index in [2.05, 4.69) is 29.6 Å². The van der Waals surface area contributed by atoms with Crippen LogP contribution in [0.2, 0.25) is 0 Å². The maximum Gasteiger partial charge on any atom is 0.407 e. The van der Waals surface area contributed by atoms with E-state index in [1.54, 1.807) is 13.8 Å². The summed E-state index contributed by atoms with van der Waals surface area (Å²) in [5, 5.41) is 11.7. The predicted octanol–water partition coefficient (Wildman–Crippen LogP) is 4.41. The molecular weight excluding hydrogens is 420 g/mol. The van der Waals surface area contributed by atoms with Crippen molar-refractivity contribution in [1.29, 1.82) is 0 Å². The third-order valence-electron chi connectivity index (χ3n) is 5.89. The summed E-state index contributed by atoms with van der Waals surface area (Å²) >= 11 is 0. The van der Waals surface area contributed by atoms with E-state index < -0.39 is 17.6 Å². The normalized spacial score (nSPS) is 12.8. The third-order valence-corrected chi connectivity index (χ3v) is 5.89. The fourth-order valence-electron chi connectivity index (χ4n) is 4.32. The molecule has 1 aliphatic carbocycles. The molecule has 0 bridgehead atoms. The van der Waals surface area contributed by atoms with Gasteiger partial charge in [0.2, 0.25) is 5.91 Å². The Morgan fingerprint density at radius 3 is 2.09 bits per heavy atom. The van der Waals surface area contributed by atoms with Crippen LogP contribution in [0.15, 0.2) is 48.5 Å². The molecular formula is C26H32N2O5. The Balaban J connectivity index is 1.60. The molecule has 0 spiro atoms. The fourth-order valence-corrected chi connectivity index (χ4v) is 4.32. The Hall–Kier alpha value is -3.35. The number of hydrogen-bond acceptors (Lipinski definition) is 4. The second-order valence-electron chi connectivity index (χ2n) is 9.34. The molecule has 33 heavy (non-hydrogen) atoms. The van der Waals surface area contributed by atoms with Crippen molar-refractivity contribution in [2.24, 2.45) is 0 Å². The monoisotopic (exact) mass is 452 g/mol. The van der Waals surface area contributed by atoms with Crippen LogP contribution in [-0.4, -0.2) is 52.7 Å². The molecule has 0 saturated carbocycles. The van der Waals surface area contributed by atoms with Gasteiger partial charge < -0.3 is 20.1 Å². The fraction of sp³-hybridized carbons (Fsp3) is 0.423. The minimum absolute atomic E-state index is 0.0367. The molecule has 0 heterocycles. The maximum atomic E-state index is 12.8. The highest BCUT2D eigenvalue weighted by Crippen LogP contribution is 2.44. The molecule has 0 unspecified atom stereocenters. The van der Waals surface area contributed by atoms with Crippen molar-refractivity contribution >= 4 is 18.0 Å². The van der Waals surface area contributed by atoms with Crippen LogP contribution in [0.3, 0.4) is 0 Å². The Labute approximate surface area is 194 Å². The number of amides is 2. The van der Waals surface area contributed by atoms with E-state index in [0.29, 0.717) is 0 Å². The van der Waals surface area contributed by atoms with Gasteiger partial charge in [-0.25, -0.2) is 4.79 Å². The lowest BCUT2D eigenvalue weighted by Crippen LogP contribution is -2.49. The standard InChI is InChI=1S/C26H32N2O5/c1-17(2)28(14-13-24(30)31)23(29)15-26(3,4)27-25(32)33-16-22-20-11-7-5-9-18(20)19-10-6-8-12-21(19)22/h5-12,17,22H,13-16H2,1-4H3,(H,27,32)(H,30,31). The number of aliphatic carboxylic acids is 1. The number of carbonyl (C=O) groups is 3. The molecule has 1 aliphatic rings. The Morgan fingerprint density at radius 2 is 1.58 bits per heavy atom. The van der Waals surface area contributed by atoms with Crippen LogP contribution in [0.25, 0.3) is 11.1 Å². The van der Waals surface area contributed by atoms with E-state index in [4.69, 9.17) is 9.84 Å². The first kappa shape index (κ1) is 24.3. The van der Waals surface area contributed by atoms with Crippen LogP contribution in [-0.2, 0) is 14.3 Å². The topological polar surface area (TPSA) is 95.9 Å². The van der Waals surface area contributed by atoms with E-state index in [9.17, 15) is 14.4 Å². The van der Waals surface area contributed by atoms with Crippen LogP contribution >= 0.6 is 0 Å². The summed E-state index contributed by atoms with van der Waals surface area (Å²) in [5.41, 5.74) is 3.72. The summed E-state index contributed by atoms with van der Waals surface area (Å²) in [6.45, 7) is 7.51. The van der Waals surface area contributed by atoms with Crippen molar-refractivity contribution in [3.63, 3.8) is 0 Å². The number of carboxylic acid groups (broad SMARTS) is 1. The van der Waals surface area contributed by atoms with E-state index in [-0.39, 0.29) is 43.9 Å². The van der Waals surface area contributed by atoms with Gasteiger partial charge in [0.25, 0.3) is 0 Å². The van der Waals surface area contributed by atoms with Gasteiger partial charge >= 0.3 is 12.1 Å². The van der Waals surface area contributed by atoms with Gasteiger partial charge in [-0.3, -0.25) is 9.59 Å². The van der Waals surface area contributed by atoms with Gasteiger partial charge in [-0.1, -0.05) is 48.5 Å². The first-order valence-corrected chi connectivity index (χ1v) is 11.2. The first-order chi connectivity index (χ1) is 15.6. The van der Waals surface area contributed by atoms with Gasteiger partial charge in [0.1, 0.15) is 6.61 Å². The van der Waals surface area contributed by atoms with Crippen LogP contribution in [0.4, 0.5) is 4.79 Å². The van der Waals surface area contributed by atoms with Gasteiger partial charge in [0.05, 0.1) is 6.42 Å². The zero-order valence-corrected chi connectivity index (χ0v) is 19.6. The van der Waals surface area contributed by atoms with Gasteiger partial charge in [-0.2, -0.15) is 0 Å². The van der Waals surface area contributed by atoms with Crippen LogP contribution < -0.4 is 5.32 Å². The minimum Gasteiger partial charge on any atom is -0.481 e. The van der Waals surface area contributed by atoms with Crippen molar-refractivity contribution in [2.45, 2.75) is 58.0 Å². The lowest BCUT2D eigenvalue weighted by molar-refractivity contribution is -0.139. The highest BCUT2D eigenvalue weighted by Gasteiger charge is 2.31. The van der Waals surface area contributed by atoms with Crippen molar-refractivity contribution in [1.82, 2.24) is 10.2 Å². The molecule has 0 aliphatic heterocycles. The summed E-state index contributed by atoms with van der Waals surface area (Å²) in [4.78, 5) is 37.8. The largest absolute Gasteiger partial charge is 0.481 e. The Morgan fingerprint density at radius 1 is 1.03 bits per heavy atom. The number of ether oxygens (including phenoxy) is 1. The number of hydrogen-bond donors (Lipinski definition) is 2. The number of alkyl carbamates (subject to hydrolysis) is 1. The highest BCUT2D eigenvalue weighted by atomic mass is 16.5. The number of rotatable bonds is 9. The molecule has 0 radical (unpaired) electrons. The highest BCUT2D eigenvalue weighted by molar-refractivity contribution is 5.80. The average Bonchev–Trinajstić information content (AvgIpc) is 3.05. The van der Waals surface area contributed by atoms with E-state index in [1.807, 2.05) is 38.1 Å². The minimum atomic E-state index is -0.954. The summed E-state index contributed by atoms with van der Waals surface area (Å²) in [5.74, 6) is -1.21. The van der Waals surface area contributed by atoms with Gasteiger partial charge in [-0.05, 0) is 49.9 Å². The van der Waals surface area contributed by atoms with Crippen LogP contribution in [0, 0.1) is 0 Å². The molecule has 2 amide bonds. The second kappa shape index (κ2) is 10.1. The van der Waals surface area contributed by atoms with E-state index >= 15 is 0 Å². The third kappa shape index (κ3) is 5.92. The number of carbonyl (C=O) groups excluding carboxylic acids is 2. The SMILES string of the molecule is CC(C)N(CCC(=O)O)C(=O)CC(C)(C)NC(=O)OCC1c2ccccc2-c2ccccc21. The van der Waals surface area contributed by atoms with Gasteiger partial charge in [-0.15, -0.1) is 0 Å². The van der Waals surface area contributed by atoms with Crippen molar-refractivity contribution < 1.29 is 24.2 Å². The number of nitrogens with one attached hydrogen (secondary N) is 1. The molecule has 2 N–H and O–H groups in total. The zero-order valence-electron chi connectivity index (χ0n) is 19.6. The molecule has 0 saturated heterocycles. The lowest BCUT2D eigenvalue weighted by atomic mass is 9.98. The molecule has 7 nitrogen and oxygen atoms in total. The Bertz CT molecular complexity index is 985. The Kier molecular flexibility index (Phi) is 7.41. The molecule has 176 valence electrons. The van der Waals surface area contributed by atoms with Crippen molar-refractivity contribution in [2.75, 3.05) is 13.2 Å². The number of nitrogens with zero attached hydrogens (tertiary/aromatic N) is 1.